The normalized spacial score (nSPS) is 12.0. The molecule has 0 bridgehead atoms. The van der Waals surface area contributed by atoms with E-state index in [9.17, 15) is 0 Å². The Bertz CT molecular complexity index is 699. The van der Waals surface area contributed by atoms with Crippen molar-refractivity contribution in [2.75, 3.05) is 0 Å². The number of hydrogen-bond donors (Lipinski definition) is 0. The molecule has 0 heteroatoms. The maximum absolute atomic E-state index is 4.27. The first-order valence-corrected chi connectivity index (χ1v) is 6.99. The molecule has 100 valence electrons. The lowest BCUT2D eigenvalue weighted by atomic mass is 9.86. The van der Waals surface area contributed by atoms with E-state index in [-0.39, 0.29) is 0 Å². The van der Waals surface area contributed by atoms with Crippen LogP contribution in [0.3, 0.4) is 0 Å². The molecule has 0 aliphatic heterocycles. The van der Waals surface area contributed by atoms with Crippen molar-refractivity contribution in [3.8, 4) is 0 Å². The quantitative estimate of drug-likeness (QED) is 0.759. The van der Waals surface area contributed by atoms with Crippen molar-refractivity contribution in [2.45, 2.75) is 40.5 Å². The van der Waals surface area contributed by atoms with Gasteiger partial charge in [-0.3, -0.25) is 0 Å². The molecule has 0 saturated heterocycles. The van der Waals surface area contributed by atoms with E-state index in [0.29, 0.717) is 5.41 Å². The molecular formula is C19H24. The maximum Gasteiger partial charge on any atom is -0.0109 e. The van der Waals surface area contributed by atoms with Gasteiger partial charge in [0.2, 0.25) is 0 Å². The van der Waals surface area contributed by atoms with Gasteiger partial charge in [0.25, 0.3) is 0 Å². The molecule has 0 aliphatic carbocycles. The summed E-state index contributed by atoms with van der Waals surface area (Å²) in [5.41, 5.74) is 3.11. The van der Waals surface area contributed by atoms with Crippen molar-refractivity contribution >= 4 is 23.9 Å². The van der Waals surface area contributed by atoms with Gasteiger partial charge in [-0.15, -0.1) is 0 Å². The van der Waals surface area contributed by atoms with Crippen LogP contribution in [0.15, 0.2) is 24.3 Å². The summed E-state index contributed by atoms with van der Waals surface area (Å²) in [6.45, 7) is 17.6. The summed E-state index contributed by atoms with van der Waals surface area (Å²) in [5.74, 6) is 0. The molecule has 0 spiro atoms. The molecule has 0 amide bonds. The highest BCUT2D eigenvalue weighted by atomic mass is 14.2. The molecule has 0 heterocycles. The zero-order valence-corrected chi connectivity index (χ0v) is 12.6. The molecular weight excluding hydrogens is 228 g/mol. The predicted octanol–water partition coefficient (Wildman–Crippen LogP) is 3.95. The molecule has 0 fully saturated rings. The van der Waals surface area contributed by atoms with Gasteiger partial charge in [0.05, 0.1) is 0 Å². The first kappa shape index (κ1) is 13.9. The molecule has 2 aromatic rings. The first-order chi connectivity index (χ1) is 8.81. The lowest BCUT2D eigenvalue weighted by Crippen LogP contribution is -2.29. The van der Waals surface area contributed by atoms with E-state index in [2.05, 4.69) is 65.1 Å². The van der Waals surface area contributed by atoms with Gasteiger partial charge >= 0.3 is 0 Å². The third kappa shape index (κ3) is 2.73. The fourth-order valence-electron chi connectivity index (χ4n) is 2.65. The molecule has 0 saturated carbocycles. The Morgan fingerprint density at radius 2 is 1.53 bits per heavy atom. The van der Waals surface area contributed by atoms with Crippen molar-refractivity contribution < 1.29 is 0 Å². The van der Waals surface area contributed by atoms with Crippen LogP contribution in [0.2, 0.25) is 0 Å². The van der Waals surface area contributed by atoms with E-state index in [1.807, 2.05) is 0 Å². The molecule has 0 atom stereocenters. The Labute approximate surface area is 116 Å². The lowest BCUT2D eigenvalue weighted by molar-refractivity contribution is 0.377. The van der Waals surface area contributed by atoms with Crippen LogP contribution in [0.5, 0.6) is 0 Å². The second-order valence-electron chi connectivity index (χ2n) is 6.67. The third-order valence-corrected chi connectivity index (χ3v) is 3.96. The van der Waals surface area contributed by atoms with Gasteiger partial charge in [0.1, 0.15) is 0 Å². The van der Waals surface area contributed by atoms with Crippen LogP contribution in [0.25, 0.3) is 23.9 Å². The van der Waals surface area contributed by atoms with Gasteiger partial charge in [-0.05, 0) is 57.5 Å². The van der Waals surface area contributed by atoms with Gasteiger partial charge in [-0.1, -0.05) is 58.2 Å². The predicted molar refractivity (Wildman–Crippen MR) is 86.8 cm³/mol. The van der Waals surface area contributed by atoms with Crippen LogP contribution in [-0.4, -0.2) is 0 Å². The summed E-state index contributed by atoms with van der Waals surface area (Å²) in [6, 6.07) is 8.52. The lowest BCUT2D eigenvalue weighted by Gasteiger charge is -2.19. The highest BCUT2D eigenvalue weighted by Crippen LogP contribution is 2.23. The van der Waals surface area contributed by atoms with Gasteiger partial charge in [-0.25, -0.2) is 0 Å². The number of rotatable bonds is 2. The first-order valence-electron chi connectivity index (χ1n) is 6.99. The van der Waals surface area contributed by atoms with Crippen LogP contribution >= 0.6 is 0 Å². The molecule has 0 N–H and O–H groups in total. The molecule has 2 rings (SSSR count). The van der Waals surface area contributed by atoms with Gasteiger partial charge in [0.15, 0.2) is 0 Å². The average Bonchev–Trinajstić information content (AvgIpc) is 2.35. The Morgan fingerprint density at radius 3 is 2.11 bits per heavy atom. The summed E-state index contributed by atoms with van der Waals surface area (Å²) in [7, 11) is 0. The van der Waals surface area contributed by atoms with Crippen molar-refractivity contribution in [3.63, 3.8) is 0 Å². The highest BCUT2D eigenvalue weighted by molar-refractivity contribution is 5.87. The highest BCUT2D eigenvalue weighted by Gasteiger charge is 2.13. The minimum Gasteiger partial charge on any atom is -0.0909 e. The fraction of sp³-hybridized carbons (Fsp3) is 0.368. The average molecular weight is 252 g/mol. The summed E-state index contributed by atoms with van der Waals surface area (Å²) in [6.07, 6.45) is 2.26. The topological polar surface area (TPSA) is 0 Å². The van der Waals surface area contributed by atoms with Crippen molar-refractivity contribution in [3.05, 3.63) is 45.8 Å². The monoisotopic (exact) mass is 252 g/mol. The Morgan fingerprint density at radius 1 is 0.947 bits per heavy atom. The van der Waals surface area contributed by atoms with E-state index >= 15 is 0 Å². The minimum atomic E-state index is 0.353. The van der Waals surface area contributed by atoms with E-state index in [1.165, 1.54) is 28.3 Å². The summed E-state index contributed by atoms with van der Waals surface area (Å²) in [5, 5.41) is 4.78. The standard InChI is InChI=1S/C19H24/c1-13-14(2)17-9-7-8-10-18(17)15(3)16(13)11-12-19(4,5)6/h7-10H,1-2,11-12H2,3-6H3. The maximum atomic E-state index is 4.27. The molecule has 2 aromatic carbocycles. The van der Waals surface area contributed by atoms with Crippen LogP contribution in [-0.2, 0) is 6.42 Å². The SMILES string of the molecule is C=c1c(CCC(C)(C)C)c(C)c2ccccc2c1=C. The third-order valence-electron chi connectivity index (χ3n) is 3.96. The molecule has 0 unspecified atom stereocenters. The number of fused-ring (bicyclic) bond motifs is 1. The summed E-state index contributed by atoms with van der Waals surface area (Å²) < 4.78 is 0. The Balaban J connectivity index is 2.62. The Hall–Kier alpha value is -1.56. The number of hydrogen-bond acceptors (Lipinski definition) is 0. The van der Waals surface area contributed by atoms with Crippen LogP contribution in [0, 0.1) is 12.3 Å². The van der Waals surface area contributed by atoms with Crippen LogP contribution in [0.1, 0.15) is 38.3 Å². The second kappa shape index (κ2) is 4.85. The van der Waals surface area contributed by atoms with Crippen molar-refractivity contribution in [1.82, 2.24) is 0 Å². The molecule has 0 aromatic heterocycles. The molecule has 0 nitrogen and oxygen atoms in total. The molecule has 0 radical (unpaired) electrons. The van der Waals surface area contributed by atoms with E-state index in [4.69, 9.17) is 0 Å². The summed E-state index contributed by atoms with van der Waals surface area (Å²) in [4.78, 5) is 0. The van der Waals surface area contributed by atoms with Crippen molar-refractivity contribution in [1.29, 1.82) is 0 Å². The summed E-state index contributed by atoms with van der Waals surface area (Å²) >= 11 is 0. The molecule has 19 heavy (non-hydrogen) atoms. The van der Waals surface area contributed by atoms with Gasteiger partial charge in [-0.2, -0.15) is 0 Å². The largest absolute Gasteiger partial charge is 0.0909 e. The van der Waals surface area contributed by atoms with E-state index in [0.717, 1.165) is 16.9 Å². The zero-order chi connectivity index (χ0) is 14.2. The van der Waals surface area contributed by atoms with E-state index < -0.39 is 0 Å². The van der Waals surface area contributed by atoms with Gasteiger partial charge in [0, 0.05) is 0 Å². The van der Waals surface area contributed by atoms with Crippen molar-refractivity contribution in [2.24, 2.45) is 5.41 Å². The van der Waals surface area contributed by atoms with Crippen LogP contribution < -0.4 is 10.4 Å². The van der Waals surface area contributed by atoms with Gasteiger partial charge < -0.3 is 0 Å². The zero-order valence-electron chi connectivity index (χ0n) is 12.6. The fourth-order valence-corrected chi connectivity index (χ4v) is 2.65. The minimum absolute atomic E-state index is 0.353. The molecule has 0 aliphatic rings. The number of aryl methyl sites for hydroxylation is 1. The smallest absolute Gasteiger partial charge is 0.0109 e. The Kier molecular flexibility index (Phi) is 3.54. The number of benzene rings is 2. The van der Waals surface area contributed by atoms with E-state index in [1.54, 1.807) is 0 Å². The van der Waals surface area contributed by atoms with Crippen LogP contribution in [0.4, 0.5) is 0 Å². The second-order valence-corrected chi connectivity index (χ2v) is 6.67.